The molecule has 0 N–H and O–H groups in total. The summed E-state index contributed by atoms with van der Waals surface area (Å²) in [5.74, 6) is 0.842. The van der Waals surface area contributed by atoms with Gasteiger partial charge in [-0.25, -0.2) is 13.4 Å². The van der Waals surface area contributed by atoms with E-state index < -0.39 is 10.0 Å². The molecule has 4 rings (SSSR count). The first-order valence-corrected chi connectivity index (χ1v) is 11.0. The number of hydrogen-bond acceptors (Lipinski definition) is 6. The lowest BCUT2D eigenvalue weighted by atomic mass is 10.1. The Morgan fingerprint density at radius 2 is 1.86 bits per heavy atom. The highest BCUT2D eigenvalue weighted by Crippen LogP contribution is 2.19. The maximum absolute atomic E-state index is 12.7. The highest BCUT2D eigenvalue weighted by atomic mass is 32.2. The fourth-order valence-corrected chi connectivity index (χ4v) is 4.66. The number of piperidine rings is 1. The van der Waals surface area contributed by atoms with E-state index in [4.69, 9.17) is 4.52 Å². The molecule has 0 aliphatic carbocycles. The van der Waals surface area contributed by atoms with Gasteiger partial charge < -0.3 is 9.09 Å². The molecule has 0 spiro atoms. The van der Waals surface area contributed by atoms with Crippen LogP contribution < -0.4 is 0 Å². The molecule has 0 saturated carbocycles. The molecule has 3 heterocycles. The van der Waals surface area contributed by atoms with Crippen molar-refractivity contribution in [2.45, 2.75) is 37.8 Å². The molecule has 152 valence electrons. The van der Waals surface area contributed by atoms with Gasteiger partial charge in [0.1, 0.15) is 0 Å². The minimum absolute atomic E-state index is 0.0578. The van der Waals surface area contributed by atoms with E-state index in [9.17, 15) is 8.42 Å². The number of rotatable bonds is 6. The van der Waals surface area contributed by atoms with Gasteiger partial charge in [0.2, 0.25) is 0 Å². The number of aromatic nitrogens is 4. The molecule has 0 bridgehead atoms. The molecule has 1 saturated heterocycles. The van der Waals surface area contributed by atoms with E-state index in [-0.39, 0.29) is 11.6 Å². The molecule has 1 aliphatic rings. The lowest BCUT2D eigenvalue weighted by molar-refractivity contribution is 0.345. The van der Waals surface area contributed by atoms with Gasteiger partial charge in [0, 0.05) is 25.4 Å². The van der Waals surface area contributed by atoms with Gasteiger partial charge in [-0.3, -0.25) is 0 Å². The van der Waals surface area contributed by atoms with E-state index in [2.05, 4.69) is 15.1 Å². The van der Waals surface area contributed by atoms with E-state index in [0.717, 1.165) is 24.8 Å². The topological polar surface area (TPSA) is 94.1 Å². The summed E-state index contributed by atoms with van der Waals surface area (Å²) in [7, 11) is -3.54. The molecule has 0 radical (unpaired) electrons. The third kappa shape index (κ3) is 4.63. The van der Waals surface area contributed by atoms with Crippen LogP contribution in [0, 0.1) is 6.92 Å². The first-order valence-electron chi connectivity index (χ1n) is 9.60. The SMILES string of the molecule is Cc1ccc(/C=C/c2nc(Cn3cnc(S(=O)(=O)N4CCCCC4)c3)no2)cc1. The van der Waals surface area contributed by atoms with Crippen LogP contribution in [0.2, 0.25) is 0 Å². The van der Waals surface area contributed by atoms with E-state index >= 15 is 0 Å². The molecule has 3 aromatic rings. The van der Waals surface area contributed by atoms with Crippen molar-refractivity contribution in [3.05, 3.63) is 59.6 Å². The Hall–Kier alpha value is -2.78. The normalized spacial score (nSPS) is 15.9. The Morgan fingerprint density at radius 3 is 2.62 bits per heavy atom. The standard InChI is InChI=1S/C20H23N5O3S/c1-16-5-7-17(8-6-16)9-10-19-22-18(23-28-19)13-24-14-20(21-15-24)29(26,27)25-11-3-2-4-12-25/h5-10,14-15H,2-4,11-13H2,1H3/b10-9+. The third-order valence-corrected chi connectivity index (χ3v) is 6.62. The van der Waals surface area contributed by atoms with Crippen molar-refractivity contribution in [1.82, 2.24) is 24.0 Å². The predicted molar refractivity (Wildman–Crippen MR) is 108 cm³/mol. The van der Waals surface area contributed by atoms with Gasteiger partial charge in [0.05, 0.1) is 12.9 Å². The number of hydrogen-bond donors (Lipinski definition) is 0. The van der Waals surface area contributed by atoms with Crippen molar-refractivity contribution in [1.29, 1.82) is 0 Å². The summed E-state index contributed by atoms with van der Waals surface area (Å²) in [6, 6.07) is 8.10. The number of imidazole rings is 1. The second kappa shape index (κ2) is 8.30. The number of aryl methyl sites for hydroxylation is 1. The maximum Gasteiger partial charge on any atom is 0.262 e. The van der Waals surface area contributed by atoms with Crippen LogP contribution in [0.25, 0.3) is 12.2 Å². The van der Waals surface area contributed by atoms with E-state index in [1.807, 2.05) is 37.3 Å². The molecule has 2 aromatic heterocycles. The van der Waals surface area contributed by atoms with Gasteiger partial charge in [-0.15, -0.1) is 0 Å². The molecule has 0 atom stereocenters. The van der Waals surface area contributed by atoms with Crippen LogP contribution in [0.4, 0.5) is 0 Å². The van der Waals surface area contributed by atoms with Crippen molar-refractivity contribution in [3.63, 3.8) is 0 Å². The van der Waals surface area contributed by atoms with Gasteiger partial charge >= 0.3 is 0 Å². The molecular weight excluding hydrogens is 390 g/mol. The molecular formula is C20H23N5O3S. The Balaban J connectivity index is 1.42. The van der Waals surface area contributed by atoms with Crippen LogP contribution in [0.1, 0.15) is 42.1 Å². The minimum atomic E-state index is -3.54. The molecule has 29 heavy (non-hydrogen) atoms. The van der Waals surface area contributed by atoms with Crippen LogP contribution >= 0.6 is 0 Å². The Morgan fingerprint density at radius 1 is 1.10 bits per heavy atom. The lowest BCUT2D eigenvalue weighted by Gasteiger charge is -2.24. The van der Waals surface area contributed by atoms with Crippen LogP contribution in [0.5, 0.6) is 0 Å². The Kier molecular flexibility index (Phi) is 5.59. The zero-order chi connectivity index (χ0) is 20.3. The van der Waals surface area contributed by atoms with Crippen LogP contribution in [-0.2, 0) is 16.6 Å². The maximum atomic E-state index is 12.7. The summed E-state index contributed by atoms with van der Waals surface area (Å²) in [5.41, 5.74) is 2.24. The van der Waals surface area contributed by atoms with Crippen molar-refractivity contribution in [3.8, 4) is 0 Å². The van der Waals surface area contributed by atoms with Crippen molar-refractivity contribution in [2.75, 3.05) is 13.1 Å². The fourth-order valence-electron chi connectivity index (χ4n) is 3.20. The summed E-state index contributed by atoms with van der Waals surface area (Å²) < 4.78 is 33.8. The molecule has 8 nitrogen and oxygen atoms in total. The molecule has 1 aromatic carbocycles. The third-order valence-electron chi connectivity index (χ3n) is 4.83. The second-order valence-corrected chi connectivity index (χ2v) is 9.03. The number of nitrogens with zero attached hydrogens (tertiary/aromatic N) is 5. The van der Waals surface area contributed by atoms with Gasteiger partial charge in [-0.2, -0.15) is 9.29 Å². The van der Waals surface area contributed by atoms with Crippen LogP contribution in [0.15, 0.2) is 46.3 Å². The molecule has 1 aliphatic heterocycles. The number of benzene rings is 1. The highest BCUT2D eigenvalue weighted by molar-refractivity contribution is 7.89. The van der Waals surface area contributed by atoms with Crippen molar-refractivity contribution >= 4 is 22.2 Å². The van der Waals surface area contributed by atoms with Crippen LogP contribution in [0.3, 0.4) is 0 Å². The Bertz CT molecular complexity index is 1090. The average Bonchev–Trinajstić information content (AvgIpc) is 3.39. The average molecular weight is 414 g/mol. The Labute approximate surface area is 169 Å². The summed E-state index contributed by atoms with van der Waals surface area (Å²) in [4.78, 5) is 8.41. The van der Waals surface area contributed by atoms with Crippen molar-refractivity contribution < 1.29 is 12.9 Å². The first-order chi connectivity index (χ1) is 14.0. The summed E-state index contributed by atoms with van der Waals surface area (Å²) in [6.07, 6.45) is 9.50. The molecule has 0 amide bonds. The van der Waals surface area contributed by atoms with E-state index in [1.165, 1.54) is 22.4 Å². The van der Waals surface area contributed by atoms with E-state index in [1.54, 1.807) is 10.6 Å². The summed E-state index contributed by atoms with van der Waals surface area (Å²) in [5, 5.41) is 4.01. The zero-order valence-electron chi connectivity index (χ0n) is 16.2. The largest absolute Gasteiger partial charge is 0.335 e. The smallest absolute Gasteiger partial charge is 0.262 e. The fraction of sp³-hybridized carbons (Fsp3) is 0.350. The minimum Gasteiger partial charge on any atom is -0.335 e. The number of sulfonamides is 1. The van der Waals surface area contributed by atoms with Gasteiger partial charge in [0.15, 0.2) is 10.9 Å². The van der Waals surface area contributed by atoms with Gasteiger partial charge in [-0.1, -0.05) is 41.4 Å². The zero-order valence-corrected chi connectivity index (χ0v) is 17.0. The lowest BCUT2D eigenvalue weighted by Crippen LogP contribution is -2.35. The van der Waals surface area contributed by atoms with Gasteiger partial charge in [-0.05, 0) is 31.4 Å². The summed E-state index contributed by atoms with van der Waals surface area (Å²) in [6.45, 7) is 3.43. The summed E-state index contributed by atoms with van der Waals surface area (Å²) >= 11 is 0. The second-order valence-electron chi connectivity index (χ2n) is 7.14. The van der Waals surface area contributed by atoms with Gasteiger partial charge in [0.25, 0.3) is 15.9 Å². The molecule has 9 heteroatoms. The predicted octanol–water partition coefficient (Wildman–Crippen LogP) is 2.97. The first kappa shape index (κ1) is 19.5. The van der Waals surface area contributed by atoms with E-state index in [0.29, 0.717) is 24.8 Å². The molecule has 1 fully saturated rings. The van der Waals surface area contributed by atoms with Crippen LogP contribution in [-0.4, -0.2) is 45.5 Å². The van der Waals surface area contributed by atoms with Crippen molar-refractivity contribution in [2.24, 2.45) is 0 Å². The molecule has 0 unspecified atom stereocenters. The quantitative estimate of drug-likeness (QED) is 0.617. The highest BCUT2D eigenvalue weighted by Gasteiger charge is 2.28. The monoisotopic (exact) mass is 413 g/mol.